The second kappa shape index (κ2) is 8.85. The summed E-state index contributed by atoms with van der Waals surface area (Å²) >= 11 is 11.8. The molecule has 5 nitrogen and oxygen atoms in total. The number of amides is 2. The predicted octanol–water partition coefficient (Wildman–Crippen LogP) is 2.39. The maximum absolute atomic E-state index is 12.1. The zero-order valence-electron chi connectivity index (χ0n) is 14.0. The first-order valence-corrected chi connectivity index (χ1v) is 8.51. The normalized spacial score (nSPS) is 11.7. The summed E-state index contributed by atoms with van der Waals surface area (Å²) in [5, 5.41) is 6.43. The summed E-state index contributed by atoms with van der Waals surface area (Å²) < 4.78 is 0. The van der Waals surface area contributed by atoms with E-state index >= 15 is 0 Å². The highest BCUT2D eigenvalue weighted by molar-refractivity contribution is 6.35. The SMILES string of the molecule is Cc1ccc(NC(=O)C[NH+](C)CC(=O)Nc2cc(Cl)cc(Cl)c2)cc1. The summed E-state index contributed by atoms with van der Waals surface area (Å²) in [6, 6.07) is 12.4. The number of hydrogen-bond acceptors (Lipinski definition) is 2. The van der Waals surface area contributed by atoms with Crippen molar-refractivity contribution in [2.75, 3.05) is 30.8 Å². The number of benzene rings is 2. The van der Waals surface area contributed by atoms with Gasteiger partial charge in [0.15, 0.2) is 13.1 Å². The highest BCUT2D eigenvalue weighted by atomic mass is 35.5. The lowest BCUT2D eigenvalue weighted by atomic mass is 10.2. The second-order valence-electron chi connectivity index (χ2n) is 5.93. The smallest absolute Gasteiger partial charge is 0.279 e. The molecule has 0 heterocycles. The predicted molar refractivity (Wildman–Crippen MR) is 102 cm³/mol. The Labute approximate surface area is 156 Å². The third kappa shape index (κ3) is 6.74. The molecule has 0 saturated heterocycles. The van der Waals surface area contributed by atoms with Crippen LogP contribution in [0.1, 0.15) is 5.56 Å². The first-order chi connectivity index (χ1) is 11.8. The van der Waals surface area contributed by atoms with Crippen LogP contribution in [0.3, 0.4) is 0 Å². The number of rotatable bonds is 6. The van der Waals surface area contributed by atoms with Crippen LogP contribution < -0.4 is 15.5 Å². The molecule has 0 aliphatic heterocycles. The molecule has 2 rings (SSSR count). The summed E-state index contributed by atoms with van der Waals surface area (Å²) in [4.78, 5) is 24.9. The van der Waals surface area contributed by atoms with Crippen molar-refractivity contribution in [3.05, 3.63) is 58.1 Å². The van der Waals surface area contributed by atoms with Crippen molar-refractivity contribution < 1.29 is 14.5 Å². The quantitative estimate of drug-likeness (QED) is 0.720. The molecule has 2 amide bonds. The molecule has 0 fully saturated rings. The average Bonchev–Trinajstić information content (AvgIpc) is 2.47. The van der Waals surface area contributed by atoms with E-state index in [0.717, 1.165) is 16.2 Å². The third-order valence-corrected chi connectivity index (χ3v) is 3.84. The Kier molecular flexibility index (Phi) is 6.82. The van der Waals surface area contributed by atoms with Crippen LogP contribution in [-0.4, -0.2) is 32.0 Å². The number of halogens is 2. The molecule has 1 atom stereocenters. The Morgan fingerprint density at radius 1 is 0.880 bits per heavy atom. The van der Waals surface area contributed by atoms with Gasteiger partial charge in [0.2, 0.25) is 0 Å². The lowest BCUT2D eigenvalue weighted by Gasteiger charge is -2.14. The number of aryl methyl sites for hydroxylation is 1. The standard InChI is InChI=1S/C18H19Cl2N3O2/c1-12-3-5-15(6-4-12)21-17(24)10-23(2)11-18(25)22-16-8-13(19)7-14(20)9-16/h3-9H,10-11H2,1-2H3,(H,21,24)(H,22,25)/p+1. The lowest BCUT2D eigenvalue weighted by molar-refractivity contribution is -0.862. The highest BCUT2D eigenvalue weighted by Crippen LogP contribution is 2.22. The zero-order chi connectivity index (χ0) is 18.4. The van der Waals surface area contributed by atoms with Crippen molar-refractivity contribution in [1.29, 1.82) is 0 Å². The Morgan fingerprint density at radius 3 is 1.88 bits per heavy atom. The fourth-order valence-electron chi connectivity index (χ4n) is 2.28. The summed E-state index contributed by atoms with van der Waals surface area (Å²) in [7, 11) is 1.78. The Morgan fingerprint density at radius 2 is 1.36 bits per heavy atom. The number of nitrogens with one attached hydrogen (secondary N) is 3. The van der Waals surface area contributed by atoms with E-state index in [2.05, 4.69) is 10.6 Å². The fourth-order valence-corrected chi connectivity index (χ4v) is 2.81. The van der Waals surface area contributed by atoms with Crippen LogP contribution in [0.2, 0.25) is 10.0 Å². The van der Waals surface area contributed by atoms with Crippen LogP contribution >= 0.6 is 23.2 Å². The molecule has 0 radical (unpaired) electrons. The van der Waals surface area contributed by atoms with Crippen LogP contribution in [0.4, 0.5) is 11.4 Å². The number of anilines is 2. The molecule has 0 aliphatic carbocycles. The average molecular weight is 381 g/mol. The first-order valence-electron chi connectivity index (χ1n) is 7.75. The van der Waals surface area contributed by atoms with E-state index < -0.39 is 0 Å². The molecule has 0 spiro atoms. The van der Waals surface area contributed by atoms with Gasteiger partial charge in [-0.2, -0.15) is 0 Å². The number of carbonyl (C=O) groups is 2. The summed E-state index contributed by atoms with van der Waals surface area (Å²) in [5.74, 6) is -0.376. The molecular weight excluding hydrogens is 361 g/mol. The van der Waals surface area contributed by atoms with Crippen LogP contribution in [-0.2, 0) is 9.59 Å². The van der Waals surface area contributed by atoms with Crippen LogP contribution in [0, 0.1) is 6.92 Å². The van der Waals surface area contributed by atoms with E-state index in [4.69, 9.17) is 23.2 Å². The van der Waals surface area contributed by atoms with Crippen molar-refractivity contribution in [3.63, 3.8) is 0 Å². The van der Waals surface area contributed by atoms with E-state index in [1.807, 2.05) is 31.2 Å². The molecule has 0 aliphatic rings. The number of likely N-dealkylation sites (N-methyl/N-ethyl adjacent to an activating group) is 1. The monoisotopic (exact) mass is 380 g/mol. The minimum absolute atomic E-state index is 0.144. The maximum Gasteiger partial charge on any atom is 0.279 e. The van der Waals surface area contributed by atoms with Crippen LogP contribution in [0.15, 0.2) is 42.5 Å². The van der Waals surface area contributed by atoms with Gasteiger partial charge in [0, 0.05) is 21.4 Å². The van der Waals surface area contributed by atoms with E-state index in [-0.39, 0.29) is 24.9 Å². The number of carbonyl (C=O) groups excluding carboxylic acids is 2. The van der Waals surface area contributed by atoms with E-state index in [1.54, 1.807) is 25.2 Å². The zero-order valence-corrected chi connectivity index (χ0v) is 15.5. The molecule has 3 N–H and O–H groups in total. The van der Waals surface area contributed by atoms with Gasteiger partial charge < -0.3 is 15.5 Å². The minimum Gasteiger partial charge on any atom is -0.322 e. The minimum atomic E-state index is -0.223. The topological polar surface area (TPSA) is 62.6 Å². The summed E-state index contributed by atoms with van der Waals surface area (Å²) in [6.45, 7) is 2.30. The largest absolute Gasteiger partial charge is 0.322 e. The van der Waals surface area contributed by atoms with Crippen molar-refractivity contribution >= 4 is 46.4 Å². The Hall–Kier alpha value is -2.08. The lowest BCUT2D eigenvalue weighted by Crippen LogP contribution is -3.11. The molecule has 7 heteroatoms. The van der Waals surface area contributed by atoms with Crippen LogP contribution in [0.25, 0.3) is 0 Å². The molecule has 2 aromatic rings. The fraction of sp³-hybridized carbons (Fsp3) is 0.222. The van der Waals surface area contributed by atoms with Crippen molar-refractivity contribution in [3.8, 4) is 0 Å². The van der Waals surface area contributed by atoms with E-state index in [1.165, 1.54) is 0 Å². The molecule has 2 aromatic carbocycles. The molecule has 132 valence electrons. The van der Waals surface area contributed by atoms with Gasteiger partial charge in [0.1, 0.15) is 0 Å². The molecule has 1 unspecified atom stereocenters. The van der Waals surface area contributed by atoms with Crippen molar-refractivity contribution in [2.24, 2.45) is 0 Å². The number of hydrogen-bond donors (Lipinski definition) is 3. The van der Waals surface area contributed by atoms with Gasteiger partial charge in [0.05, 0.1) is 7.05 Å². The molecule has 0 bridgehead atoms. The van der Waals surface area contributed by atoms with Gasteiger partial charge in [-0.15, -0.1) is 0 Å². The molecule has 0 saturated carbocycles. The van der Waals surface area contributed by atoms with Crippen molar-refractivity contribution in [2.45, 2.75) is 6.92 Å². The highest BCUT2D eigenvalue weighted by Gasteiger charge is 2.15. The van der Waals surface area contributed by atoms with E-state index in [0.29, 0.717) is 15.7 Å². The van der Waals surface area contributed by atoms with Gasteiger partial charge in [-0.1, -0.05) is 40.9 Å². The van der Waals surface area contributed by atoms with Gasteiger partial charge in [-0.05, 0) is 37.3 Å². The first kappa shape index (κ1) is 19.2. The van der Waals surface area contributed by atoms with Gasteiger partial charge >= 0.3 is 0 Å². The summed E-state index contributed by atoms with van der Waals surface area (Å²) in [6.07, 6.45) is 0. The molecular formula is C18H20Cl2N3O2+. The van der Waals surface area contributed by atoms with Gasteiger partial charge in [0.25, 0.3) is 11.8 Å². The third-order valence-electron chi connectivity index (χ3n) is 3.41. The molecule has 0 aromatic heterocycles. The summed E-state index contributed by atoms with van der Waals surface area (Å²) in [5.41, 5.74) is 2.39. The Balaban J connectivity index is 1.82. The van der Waals surface area contributed by atoms with E-state index in [9.17, 15) is 9.59 Å². The molecule has 25 heavy (non-hydrogen) atoms. The maximum atomic E-state index is 12.1. The van der Waals surface area contributed by atoms with Crippen molar-refractivity contribution in [1.82, 2.24) is 0 Å². The van der Waals surface area contributed by atoms with Crippen LogP contribution in [0.5, 0.6) is 0 Å². The van der Waals surface area contributed by atoms with Gasteiger partial charge in [-0.3, -0.25) is 9.59 Å². The number of quaternary nitrogens is 1. The second-order valence-corrected chi connectivity index (χ2v) is 6.80. The Bertz CT molecular complexity index is 743. The van der Waals surface area contributed by atoms with Gasteiger partial charge in [-0.25, -0.2) is 0 Å².